The highest BCUT2D eigenvalue weighted by molar-refractivity contribution is 7.88. The van der Waals surface area contributed by atoms with Crippen LogP contribution in [0.2, 0.25) is 0 Å². The van der Waals surface area contributed by atoms with E-state index in [1.165, 1.54) is 10.6 Å². The van der Waals surface area contributed by atoms with E-state index in [0.717, 1.165) is 29.3 Å². The van der Waals surface area contributed by atoms with Gasteiger partial charge in [-0.05, 0) is 43.4 Å². The minimum atomic E-state index is -3.10. The number of piperidine rings is 1. The SMILES string of the molecule is Cc1ccc2cc(C(=O)NCC3CCN(S(C)(=O)=O)CC3)[nH]c2c1. The van der Waals surface area contributed by atoms with Crippen LogP contribution in [0.5, 0.6) is 0 Å². The molecule has 1 saturated heterocycles. The van der Waals surface area contributed by atoms with Crippen LogP contribution in [0.3, 0.4) is 0 Å². The van der Waals surface area contributed by atoms with E-state index in [2.05, 4.69) is 10.3 Å². The van der Waals surface area contributed by atoms with Gasteiger partial charge in [0.15, 0.2) is 0 Å². The second-order valence-corrected chi connectivity index (χ2v) is 8.57. The number of fused-ring (bicyclic) bond motifs is 1. The summed E-state index contributed by atoms with van der Waals surface area (Å²) in [4.78, 5) is 15.5. The fraction of sp³-hybridized carbons (Fsp3) is 0.471. The molecule has 1 fully saturated rings. The van der Waals surface area contributed by atoms with E-state index >= 15 is 0 Å². The number of carbonyl (C=O) groups is 1. The number of benzene rings is 1. The zero-order valence-corrected chi connectivity index (χ0v) is 14.8. The fourth-order valence-corrected chi connectivity index (χ4v) is 4.01. The Kier molecular flexibility index (Phi) is 4.64. The van der Waals surface area contributed by atoms with E-state index in [1.807, 2.05) is 31.2 Å². The Morgan fingerprint density at radius 2 is 2.00 bits per heavy atom. The Bertz CT molecular complexity index is 849. The van der Waals surface area contributed by atoms with E-state index < -0.39 is 10.0 Å². The number of hydrogen-bond acceptors (Lipinski definition) is 3. The molecular weight excluding hydrogens is 326 g/mol. The minimum Gasteiger partial charge on any atom is -0.351 e. The van der Waals surface area contributed by atoms with E-state index in [-0.39, 0.29) is 5.91 Å². The lowest BCUT2D eigenvalue weighted by Crippen LogP contribution is -2.41. The summed E-state index contributed by atoms with van der Waals surface area (Å²) in [5.74, 6) is 0.202. The number of aromatic amines is 1. The van der Waals surface area contributed by atoms with Crippen LogP contribution in [0.25, 0.3) is 10.9 Å². The van der Waals surface area contributed by atoms with Crippen molar-refractivity contribution in [3.8, 4) is 0 Å². The molecule has 1 aromatic carbocycles. The Morgan fingerprint density at radius 1 is 1.29 bits per heavy atom. The Hall–Kier alpha value is -1.86. The third-order valence-electron chi connectivity index (χ3n) is 4.62. The highest BCUT2D eigenvalue weighted by Gasteiger charge is 2.25. The summed E-state index contributed by atoms with van der Waals surface area (Å²) in [5.41, 5.74) is 2.67. The molecule has 130 valence electrons. The van der Waals surface area contributed by atoms with Crippen LogP contribution < -0.4 is 5.32 Å². The molecule has 6 nitrogen and oxygen atoms in total. The number of amides is 1. The van der Waals surface area contributed by atoms with Crippen molar-refractivity contribution in [3.63, 3.8) is 0 Å². The molecule has 0 saturated carbocycles. The number of aryl methyl sites for hydroxylation is 1. The quantitative estimate of drug-likeness (QED) is 0.884. The second-order valence-electron chi connectivity index (χ2n) is 6.59. The van der Waals surface area contributed by atoms with Gasteiger partial charge in [-0.15, -0.1) is 0 Å². The molecule has 1 aliphatic heterocycles. The van der Waals surface area contributed by atoms with Gasteiger partial charge in [0.1, 0.15) is 5.69 Å². The maximum atomic E-state index is 12.3. The van der Waals surface area contributed by atoms with Gasteiger partial charge >= 0.3 is 0 Å². The number of carbonyl (C=O) groups excluding carboxylic acids is 1. The van der Waals surface area contributed by atoms with Crippen LogP contribution in [0.15, 0.2) is 24.3 Å². The first kappa shape index (κ1) is 17.0. The number of sulfonamides is 1. The smallest absolute Gasteiger partial charge is 0.267 e. The van der Waals surface area contributed by atoms with Crippen molar-refractivity contribution in [2.75, 3.05) is 25.9 Å². The Labute approximate surface area is 142 Å². The molecular formula is C17H23N3O3S. The van der Waals surface area contributed by atoms with Gasteiger partial charge in [0.25, 0.3) is 5.91 Å². The topological polar surface area (TPSA) is 82.3 Å². The third kappa shape index (κ3) is 3.79. The standard InChI is InChI=1S/C17H23N3O3S/c1-12-3-4-14-10-16(19-15(14)9-12)17(21)18-11-13-5-7-20(8-6-13)24(2,22)23/h3-4,9-10,13,19H,5-8,11H2,1-2H3,(H,18,21). The van der Waals surface area contributed by atoms with Gasteiger partial charge in [-0.3, -0.25) is 4.79 Å². The molecule has 24 heavy (non-hydrogen) atoms. The minimum absolute atomic E-state index is 0.116. The summed E-state index contributed by atoms with van der Waals surface area (Å²) in [6.07, 6.45) is 2.80. The molecule has 3 rings (SSSR count). The number of rotatable bonds is 4. The van der Waals surface area contributed by atoms with Gasteiger partial charge in [0.05, 0.1) is 6.26 Å². The molecule has 0 radical (unpaired) electrons. The molecule has 1 aromatic heterocycles. The summed E-state index contributed by atoms with van der Waals surface area (Å²) in [6, 6.07) is 7.90. The summed E-state index contributed by atoms with van der Waals surface area (Å²) < 4.78 is 24.5. The largest absolute Gasteiger partial charge is 0.351 e. The highest BCUT2D eigenvalue weighted by Crippen LogP contribution is 2.19. The van der Waals surface area contributed by atoms with E-state index in [0.29, 0.717) is 31.2 Å². The molecule has 1 amide bonds. The number of H-pyrrole nitrogens is 1. The molecule has 2 heterocycles. The van der Waals surface area contributed by atoms with Crippen molar-refractivity contribution in [2.24, 2.45) is 5.92 Å². The molecule has 2 N–H and O–H groups in total. The fourth-order valence-electron chi connectivity index (χ4n) is 3.14. The number of aromatic nitrogens is 1. The summed E-state index contributed by atoms with van der Waals surface area (Å²) in [7, 11) is -3.10. The number of nitrogens with one attached hydrogen (secondary N) is 2. The summed E-state index contributed by atoms with van der Waals surface area (Å²) in [6.45, 7) is 3.66. The first-order chi connectivity index (χ1) is 11.3. The van der Waals surface area contributed by atoms with Gasteiger partial charge in [-0.25, -0.2) is 12.7 Å². The monoisotopic (exact) mass is 349 g/mol. The average molecular weight is 349 g/mol. The zero-order valence-electron chi connectivity index (χ0n) is 14.0. The lowest BCUT2D eigenvalue weighted by molar-refractivity contribution is 0.0937. The van der Waals surface area contributed by atoms with Crippen LogP contribution in [0.1, 0.15) is 28.9 Å². The summed E-state index contributed by atoms with van der Waals surface area (Å²) >= 11 is 0. The van der Waals surface area contributed by atoms with E-state index in [9.17, 15) is 13.2 Å². The molecule has 0 atom stereocenters. The number of nitrogens with zero attached hydrogens (tertiary/aromatic N) is 1. The van der Waals surface area contributed by atoms with Crippen molar-refractivity contribution >= 4 is 26.8 Å². The highest BCUT2D eigenvalue weighted by atomic mass is 32.2. The van der Waals surface area contributed by atoms with E-state index in [1.54, 1.807) is 0 Å². The van der Waals surface area contributed by atoms with Crippen molar-refractivity contribution < 1.29 is 13.2 Å². The predicted octanol–water partition coefficient (Wildman–Crippen LogP) is 1.88. The summed E-state index contributed by atoms with van der Waals surface area (Å²) in [5, 5.41) is 3.98. The Balaban J connectivity index is 1.56. The van der Waals surface area contributed by atoms with Gasteiger partial charge in [-0.2, -0.15) is 0 Å². The van der Waals surface area contributed by atoms with Crippen LogP contribution in [0, 0.1) is 12.8 Å². The van der Waals surface area contributed by atoms with Crippen molar-refractivity contribution in [2.45, 2.75) is 19.8 Å². The van der Waals surface area contributed by atoms with Crippen molar-refractivity contribution in [3.05, 3.63) is 35.5 Å². The van der Waals surface area contributed by atoms with Gasteiger partial charge in [-0.1, -0.05) is 12.1 Å². The van der Waals surface area contributed by atoms with Crippen LogP contribution >= 0.6 is 0 Å². The predicted molar refractivity (Wildman–Crippen MR) is 94.5 cm³/mol. The molecule has 0 bridgehead atoms. The first-order valence-electron chi connectivity index (χ1n) is 8.15. The van der Waals surface area contributed by atoms with Crippen molar-refractivity contribution in [1.82, 2.24) is 14.6 Å². The first-order valence-corrected chi connectivity index (χ1v) is 10.0. The maximum Gasteiger partial charge on any atom is 0.267 e. The normalized spacial score (nSPS) is 17.2. The third-order valence-corrected chi connectivity index (χ3v) is 5.92. The maximum absolute atomic E-state index is 12.3. The zero-order chi connectivity index (χ0) is 17.3. The molecule has 2 aromatic rings. The average Bonchev–Trinajstić information content (AvgIpc) is 2.95. The molecule has 0 aliphatic carbocycles. The van der Waals surface area contributed by atoms with Crippen LogP contribution in [0.4, 0.5) is 0 Å². The lowest BCUT2D eigenvalue weighted by Gasteiger charge is -2.30. The van der Waals surface area contributed by atoms with Gasteiger partial charge in [0.2, 0.25) is 10.0 Å². The molecule has 1 aliphatic rings. The van der Waals surface area contributed by atoms with Crippen LogP contribution in [-0.4, -0.2) is 49.5 Å². The second kappa shape index (κ2) is 6.57. The number of hydrogen-bond donors (Lipinski definition) is 2. The Morgan fingerprint density at radius 3 is 2.67 bits per heavy atom. The molecule has 7 heteroatoms. The van der Waals surface area contributed by atoms with Crippen molar-refractivity contribution in [1.29, 1.82) is 0 Å². The lowest BCUT2D eigenvalue weighted by atomic mass is 9.98. The van der Waals surface area contributed by atoms with Gasteiger partial charge in [0, 0.05) is 30.5 Å². The molecule has 0 spiro atoms. The molecule has 0 unspecified atom stereocenters. The van der Waals surface area contributed by atoms with Gasteiger partial charge < -0.3 is 10.3 Å². The van der Waals surface area contributed by atoms with Crippen LogP contribution in [-0.2, 0) is 10.0 Å². The van der Waals surface area contributed by atoms with E-state index in [4.69, 9.17) is 0 Å².